The number of phenols is 1. The Morgan fingerprint density at radius 1 is 1.22 bits per heavy atom. The van der Waals surface area contributed by atoms with Crippen LogP contribution in [0.1, 0.15) is 27.9 Å². The van der Waals surface area contributed by atoms with Crippen molar-refractivity contribution < 1.29 is 34.2 Å². The molecule has 10 nitrogen and oxygen atoms in total. The molecule has 32 heavy (non-hydrogen) atoms. The second-order valence-electron chi connectivity index (χ2n) is 8.89. The van der Waals surface area contributed by atoms with Crippen LogP contribution in [0.25, 0.3) is 0 Å². The first-order valence-electron chi connectivity index (χ1n) is 10.1. The molecule has 0 saturated heterocycles. The van der Waals surface area contributed by atoms with Crippen molar-refractivity contribution in [2.24, 2.45) is 29.4 Å². The molecule has 2 unspecified atom stereocenters. The maximum atomic E-state index is 13.5. The number of hydrogen-bond acceptors (Lipinski definition) is 9. The number of amides is 1. The molecule has 10 heteroatoms. The van der Waals surface area contributed by atoms with Gasteiger partial charge in [-0.25, -0.2) is 0 Å². The Hall–Kier alpha value is -3.42. The number of Topliss-reactive ketones (excluding diaryl/α,β-unsaturated/α-hetero) is 4. The highest BCUT2D eigenvalue weighted by molar-refractivity contribution is 6.32. The lowest BCUT2D eigenvalue weighted by molar-refractivity contribution is -0.181. The Morgan fingerprint density at radius 3 is 2.44 bits per heavy atom. The summed E-state index contributed by atoms with van der Waals surface area (Å²) in [6.07, 6.45) is 0.0214. The van der Waals surface area contributed by atoms with Crippen LogP contribution in [-0.4, -0.2) is 69.9 Å². The highest BCUT2D eigenvalue weighted by Gasteiger charge is 2.69. The second kappa shape index (κ2) is 7.05. The summed E-state index contributed by atoms with van der Waals surface area (Å²) in [6, 6.07) is 3.36. The number of hydrogen-bond donors (Lipinski definition) is 3. The largest absolute Gasteiger partial charge is 0.507 e. The van der Waals surface area contributed by atoms with Crippen LogP contribution in [0.2, 0.25) is 0 Å². The number of rotatable bonds is 2. The fourth-order valence-corrected chi connectivity index (χ4v) is 5.71. The van der Waals surface area contributed by atoms with Crippen LogP contribution >= 0.6 is 0 Å². The quantitative estimate of drug-likeness (QED) is 0.474. The number of aliphatic hydroxyl groups is 1. The van der Waals surface area contributed by atoms with Gasteiger partial charge < -0.3 is 15.9 Å². The number of benzene rings is 1. The SMILES string of the molecule is CN(C)[C@@H]1C(=O)C(C(N)=O)C(=O)[C@@]2(O)C(=O)C3C(=O)c4c(O)ccc(C#N)c4C[C@H]3C[C@@H]12. The van der Waals surface area contributed by atoms with E-state index in [1.807, 2.05) is 6.07 Å². The van der Waals surface area contributed by atoms with Crippen molar-refractivity contribution in [1.29, 1.82) is 5.26 Å². The van der Waals surface area contributed by atoms with Crippen LogP contribution in [0, 0.1) is 35.0 Å². The molecule has 2 fully saturated rings. The monoisotopic (exact) mass is 439 g/mol. The minimum atomic E-state index is -2.75. The van der Waals surface area contributed by atoms with E-state index in [1.54, 1.807) is 0 Å². The van der Waals surface area contributed by atoms with E-state index in [-0.39, 0.29) is 24.0 Å². The number of nitriles is 1. The van der Waals surface area contributed by atoms with Crippen molar-refractivity contribution >= 4 is 29.0 Å². The summed E-state index contributed by atoms with van der Waals surface area (Å²) in [4.78, 5) is 66.2. The van der Waals surface area contributed by atoms with Gasteiger partial charge in [0.2, 0.25) is 5.91 Å². The lowest BCUT2D eigenvalue weighted by Gasteiger charge is -2.52. The first-order valence-corrected chi connectivity index (χ1v) is 10.1. The van der Waals surface area contributed by atoms with Crippen molar-refractivity contribution in [3.05, 3.63) is 28.8 Å². The number of carbonyl (C=O) groups excluding carboxylic acids is 5. The normalized spacial score (nSPS) is 33.9. The van der Waals surface area contributed by atoms with E-state index in [0.717, 1.165) is 0 Å². The van der Waals surface area contributed by atoms with Crippen molar-refractivity contribution in [2.45, 2.75) is 24.5 Å². The Bertz CT molecular complexity index is 1150. The van der Waals surface area contributed by atoms with Crippen molar-refractivity contribution in [3.63, 3.8) is 0 Å². The summed E-state index contributed by atoms with van der Waals surface area (Å²) in [5.41, 5.74) is 2.79. The standard InChI is InChI=1S/C22H21N3O7/c1-25(2)16-11-6-9-5-10-8(7-23)3-4-12(26)14(10)17(27)13(9)19(29)22(11,32)20(30)15(18(16)28)21(24)31/h3-4,9,11,13,15-16,26,32H,5-6H2,1-2H3,(H2,24,31)/t9-,11-,13?,15?,16-,22-/m0/s1. The maximum Gasteiger partial charge on any atom is 0.235 e. The van der Waals surface area contributed by atoms with Crippen LogP contribution in [0.15, 0.2) is 12.1 Å². The minimum absolute atomic E-state index is 0.0512. The molecule has 0 heterocycles. The predicted molar refractivity (Wildman–Crippen MR) is 106 cm³/mol. The van der Waals surface area contributed by atoms with E-state index < -0.39 is 70.1 Å². The van der Waals surface area contributed by atoms with Crippen molar-refractivity contribution in [3.8, 4) is 11.8 Å². The van der Waals surface area contributed by atoms with Gasteiger partial charge in [-0.1, -0.05) is 0 Å². The van der Waals surface area contributed by atoms with E-state index in [2.05, 4.69) is 0 Å². The van der Waals surface area contributed by atoms with E-state index in [9.17, 15) is 39.4 Å². The third kappa shape index (κ3) is 2.61. The van der Waals surface area contributed by atoms with Crippen molar-refractivity contribution in [1.82, 2.24) is 4.90 Å². The third-order valence-electron chi connectivity index (χ3n) is 7.07. The molecule has 166 valence electrons. The number of ketones is 4. The lowest BCUT2D eigenvalue weighted by atomic mass is 9.52. The number of fused-ring (bicyclic) bond motifs is 3. The van der Waals surface area contributed by atoms with Gasteiger partial charge in [0.25, 0.3) is 0 Å². The second-order valence-corrected chi connectivity index (χ2v) is 8.89. The molecule has 0 aromatic heterocycles. The molecule has 6 atom stereocenters. The van der Waals surface area contributed by atoms with Gasteiger partial charge in [0.1, 0.15) is 5.75 Å². The van der Waals surface area contributed by atoms with Gasteiger partial charge in [0.05, 0.1) is 29.2 Å². The minimum Gasteiger partial charge on any atom is -0.507 e. The van der Waals surface area contributed by atoms with E-state index in [4.69, 9.17) is 5.73 Å². The number of aromatic hydroxyl groups is 1. The number of carbonyl (C=O) groups is 5. The van der Waals surface area contributed by atoms with Gasteiger partial charge in [-0.05, 0) is 50.6 Å². The summed E-state index contributed by atoms with van der Waals surface area (Å²) in [5, 5.41) is 31.1. The highest BCUT2D eigenvalue weighted by atomic mass is 16.3. The first-order chi connectivity index (χ1) is 15.0. The molecule has 0 bridgehead atoms. The van der Waals surface area contributed by atoms with Crippen LogP contribution in [0.3, 0.4) is 0 Å². The maximum absolute atomic E-state index is 13.5. The molecule has 0 radical (unpaired) electrons. The van der Waals surface area contributed by atoms with Crippen LogP contribution in [-0.2, 0) is 25.6 Å². The number of primary amides is 1. The number of nitrogens with two attached hydrogens (primary N) is 1. The zero-order valence-electron chi connectivity index (χ0n) is 17.4. The number of nitrogens with zero attached hydrogens (tertiary/aromatic N) is 2. The Kier molecular flexibility index (Phi) is 4.80. The Labute approximate surface area is 182 Å². The molecule has 0 spiro atoms. The molecule has 2 saturated carbocycles. The fourth-order valence-electron chi connectivity index (χ4n) is 5.71. The fraction of sp³-hybridized carbons (Fsp3) is 0.455. The number of likely N-dealkylation sites (N-methyl/N-ethyl adjacent to an activating group) is 1. The zero-order chi connectivity index (χ0) is 23.7. The Balaban J connectivity index is 1.90. The summed E-state index contributed by atoms with van der Waals surface area (Å²) >= 11 is 0. The van der Waals surface area contributed by atoms with Gasteiger partial charge in [0, 0.05) is 5.92 Å². The molecule has 1 aromatic carbocycles. The van der Waals surface area contributed by atoms with Crippen molar-refractivity contribution in [2.75, 3.05) is 14.1 Å². The topological polar surface area (TPSA) is 179 Å². The zero-order valence-corrected chi connectivity index (χ0v) is 17.4. The molecule has 0 aliphatic heterocycles. The average Bonchev–Trinajstić information content (AvgIpc) is 2.70. The van der Waals surface area contributed by atoms with E-state index >= 15 is 0 Å². The lowest BCUT2D eigenvalue weighted by Crippen LogP contribution is -2.74. The van der Waals surface area contributed by atoms with Gasteiger partial charge in [0.15, 0.2) is 34.7 Å². The summed E-state index contributed by atoms with van der Waals surface area (Å²) in [7, 11) is 3.03. The summed E-state index contributed by atoms with van der Waals surface area (Å²) in [5.74, 6) is -11.1. The van der Waals surface area contributed by atoms with Crippen LogP contribution in [0.4, 0.5) is 0 Å². The summed E-state index contributed by atoms with van der Waals surface area (Å²) < 4.78 is 0. The van der Waals surface area contributed by atoms with Gasteiger partial charge >= 0.3 is 0 Å². The molecule has 3 aliphatic rings. The molecule has 1 amide bonds. The predicted octanol–water partition coefficient (Wildman–Crippen LogP) is -1.26. The summed E-state index contributed by atoms with van der Waals surface area (Å²) in [6.45, 7) is 0. The molecule has 4 N–H and O–H groups in total. The number of phenolic OH excluding ortho intramolecular Hbond substituents is 1. The van der Waals surface area contributed by atoms with Gasteiger partial charge in [-0.2, -0.15) is 5.26 Å². The average molecular weight is 439 g/mol. The van der Waals surface area contributed by atoms with Gasteiger partial charge in [-0.3, -0.25) is 28.9 Å². The Morgan fingerprint density at radius 2 is 1.88 bits per heavy atom. The third-order valence-corrected chi connectivity index (χ3v) is 7.07. The van der Waals surface area contributed by atoms with Crippen LogP contribution in [0.5, 0.6) is 5.75 Å². The molecular weight excluding hydrogens is 418 g/mol. The van der Waals surface area contributed by atoms with E-state index in [1.165, 1.54) is 31.1 Å². The smallest absolute Gasteiger partial charge is 0.235 e. The van der Waals surface area contributed by atoms with Crippen LogP contribution < -0.4 is 5.73 Å². The molecule has 1 aromatic rings. The molecular formula is C22H21N3O7. The van der Waals surface area contributed by atoms with E-state index in [0.29, 0.717) is 5.56 Å². The first kappa shape index (κ1) is 21.8. The van der Waals surface area contributed by atoms with Gasteiger partial charge in [-0.15, -0.1) is 0 Å². The molecule has 4 rings (SSSR count). The highest BCUT2D eigenvalue weighted by Crippen LogP contribution is 2.50. The molecule has 3 aliphatic carbocycles.